The Morgan fingerprint density at radius 3 is 2.45 bits per heavy atom. The maximum Gasteiger partial charge on any atom is 0.118 e. The van der Waals surface area contributed by atoms with Gasteiger partial charge >= 0.3 is 0 Å². The van der Waals surface area contributed by atoms with E-state index in [4.69, 9.17) is 10.5 Å². The van der Waals surface area contributed by atoms with Crippen molar-refractivity contribution in [2.75, 3.05) is 12.8 Å². The highest BCUT2D eigenvalue weighted by Crippen LogP contribution is 2.29. The average molecular weight is 318 g/mol. The van der Waals surface area contributed by atoms with Gasteiger partial charge in [-0.3, -0.25) is 4.98 Å². The third kappa shape index (κ3) is 2.62. The second-order valence-corrected chi connectivity index (χ2v) is 5.27. The fourth-order valence-corrected chi connectivity index (χ4v) is 2.76. The van der Waals surface area contributed by atoms with Crippen molar-refractivity contribution in [1.82, 2.24) is 9.55 Å². The molecule has 0 atom stereocenters. The molecule has 0 radical (unpaired) electrons. The number of hydrogen-bond donors (Lipinski definition) is 1. The fraction of sp³-hybridized carbons (Fsp3) is 0.235. The van der Waals surface area contributed by atoms with Crippen molar-refractivity contribution in [1.29, 1.82) is 0 Å². The summed E-state index contributed by atoms with van der Waals surface area (Å²) in [7, 11) is 1.68. The van der Waals surface area contributed by atoms with Crippen LogP contribution in [0.2, 0.25) is 0 Å². The van der Waals surface area contributed by atoms with Crippen molar-refractivity contribution in [2.24, 2.45) is 0 Å². The van der Waals surface area contributed by atoms with Gasteiger partial charge in [-0.1, -0.05) is 12.1 Å². The summed E-state index contributed by atoms with van der Waals surface area (Å²) >= 11 is 0. The number of benzene rings is 1. The molecule has 2 aromatic heterocycles. The predicted molar refractivity (Wildman–Crippen MR) is 93.0 cm³/mol. The zero-order valence-electron chi connectivity index (χ0n) is 13.0. The molecule has 116 valence electrons. The minimum absolute atomic E-state index is 0. The Kier molecular flexibility index (Phi) is 4.62. The van der Waals surface area contributed by atoms with Crippen LogP contribution < -0.4 is 10.5 Å². The molecule has 0 aliphatic rings. The van der Waals surface area contributed by atoms with E-state index in [2.05, 4.69) is 35.5 Å². The normalized spacial score (nSPS) is 10.5. The summed E-state index contributed by atoms with van der Waals surface area (Å²) in [4.78, 5) is 4.23. The van der Waals surface area contributed by atoms with Crippen LogP contribution in [0.3, 0.4) is 0 Å². The molecular formula is C17H20ClN3O. The highest BCUT2D eigenvalue weighted by atomic mass is 35.5. The van der Waals surface area contributed by atoms with Gasteiger partial charge in [-0.05, 0) is 37.1 Å². The van der Waals surface area contributed by atoms with Gasteiger partial charge in [0.1, 0.15) is 5.75 Å². The molecule has 0 unspecified atom stereocenters. The molecule has 22 heavy (non-hydrogen) atoms. The van der Waals surface area contributed by atoms with Crippen LogP contribution >= 0.6 is 12.4 Å². The quantitative estimate of drug-likeness (QED) is 0.801. The lowest BCUT2D eigenvalue weighted by atomic mass is 10.2. The summed E-state index contributed by atoms with van der Waals surface area (Å²) in [6.07, 6.45) is 3.60. The first-order valence-corrected chi connectivity index (χ1v) is 6.93. The summed E-state index contributed by atoms with van der Waals surface area (Å²) < 4.78 is 7.46. The molecule has 0 aliphatic heterocycles. The SMILES string of the molecule is COc1ccc(Cn2c(C)c(C)c3c(N)cncc32)cc1.Cl. The number of aryl methyl sites for hydroxylation is 1. The first kappa shape index (κ1) is 16.2. The van der Waals surface area contributed by atoms with Crippen molar-refractivity contribution in [3.05, 3.63) is 53.5 Å². The summed E-state index contributed by atoms with van der Waals surface area (Å²) in [6, 6.07) is 8.13. The number of hydrogen-bond acceptors (Lipinski definition) is 3. The third-order valence-corrected chi connectivity index (χ3v) is 4.07. The zero-order chi connectivity index (χ0) is 15.0. The van der Waals surface area contributed by atoms with Gasteiger partial charge in [-0.25, -0.2) is 0 Å². The van der Waals surface area contributed by atoms with E-state index in [1.54, 1.807) is 13.3 Å². The average Bonchev–Trinajstić information content (AvgIpc) is 2.74. The van der Waals surface area contributed by atoms with Crippen LogP contribution in [0.25, 0.3) is 10.9 Å². The Morgan fingerprint density at radius 1 is 1.14 bits per heavy atom. The van der Waals surface area contributed by atoms with Gasteiger partial charge in [0, 0.05) is 17.6 Å². The van der Waals surface area contributed by atoms with E-state index in [-0.39, 0.29) is 12.4 Å². The molecule has 3 aromatic rings. The number of methoxy groups -OCH3 is 1. The van der Waals surface area contributed by atoms with E-state index in [0.29, 0.717) is 0 Å². The highest BCUT2D eigenvalue weighted by Gasteiger charge is 2.13. The Morgan fingerprint density at radius 2 is 1.82 bits per heavy atom. The highest BCUT2D eigenvalue weighted by molar-refractivity contribution is 5.94. The summed E-state index contributed by atoms with van der Waals surface area (Å²) in [5.41, 5.74) is 11.6. The molecule has 5 heteroatoms. The molecular weight excluding hydrogens is 298 g/mol. The Labute approximate surface area is 136 Å². The van der Waals surface area contributed by atoms with Crippen molar-refractivity contribution < 1.29 is 4.74 Å². The van der Waals surface area contributed by atoms with Crippen molar-refractivity contribution in [3.8, 4) is 5.75 Å². The van der Waals surface area contributed by atoms with Crippen LogP contribution in [0.4, 0.5) is 5.69 Å². The maximum absolute atomic E-state index is 6.08. The minimum Gasteiger partial charge on any atom is -0.497 e. The van der Waals surface area contributed by atoms with E-state index in [9.17, 15) is 0 Å². The van der Waals surface area contributed by atoms with Gasteiger partial charge in [0.25, 0.3) is 0 Å². The second kappa shape index (κ2) is 6.28. The van der Waals surface area contributed by atoms with Crippen molar-refractivity contribution >= 4 is 29.0 Å². The van der Waals surface area contributed by atoms with Gasteiger partial charge in [0.15, 0.2) is 0 Å². The largest absolute Gasteiger partial charge is 0.497 e. The first-order valence-electron chi connectivity index (χ1n) is 6.93. The van der Waals surface area contributed by atoms with Crippen LogP contribution in [0.5, 0.6) is 5.75 Å². The Bertz CT molecular complexity index is 794. The Balaban J connectivity index is 0.00000176. The molecule has 0 bridgehead atoms. The topological polar surface area (TPSA) is 53.1 Å². The smallest absolute Gasteiger partial charge is 0.118 e. The van der Waals surface area contributed by atoms with Crippen LogP contribution in [-0.4, -0.2) is 16.7 Å². The van der Waals surface area contributed by atoms with Crippen LogP contribution in [0.15, 0.2) is 36.7 Å². The number of anilines is 1. The molecule has 1 aromatic carbocycles. The number of nitrogen functional groups attached to an aromatic ring is 1. The predicted octanol–water partition coefficient (Wildman–Crippen LogP) is 3.71. The van der Waals surface area contributed by atoms with Gasteiger partial charge in [-0.15, -0.1) is 12.4 Å². The molecule has 0 saturated heterocycles. The van der Waals surface area contributed by atoms with Crippen molar-refractivity contribution in [3.63, 3.8) is 0 Å². The standard InChI is InChI=1S/C17H19N3O.ClH/c1-11-12(2)20(16-9-19-8-15(18)17(11)16)10-13-4-6-14(21-3)7-5-13;/h4-9H,10,18H2,1-3H3;1H. The molecule has 2 N–H and O–H groups in total. The lowest BCUT2D eigenvalue weighted by Crippen LogP contribution is -2.02. The van der Waals surface area contributed by atoms with Crippen LogP contribution in [0.1, 0.15) is 16.8 Å². The number of halogens is 1. The Hall–Kier alpha value is -2.20. The number of ether oxygens (including phenoxy) is 1. The molecule has 0 saturated carbocycles. The van der Waals surface area contributed by atoms with Crippen LogP contribution in [0, 0.1) is 13.8 Å². The number of nitrogens with two attached hydrogens (primary N) is 1. The summed E-state index contributed by atoms with van der Waals surface area (Å²) in [5.74, 6) is 0.870. The van der Waals surface area contributed by atoms with E-state index < -0.39 is 0 Å². The van der Waals surface area contributed by atoms with E-state index in [1.807, 2.05) is 18.3 Å². The minimum atomic E-state index is 0. The van der Waals surface area contributed by atoms with Gasteiger partial charge < -0.3 is 15.0 Å². The molecule has 3 rings (SSSR count). The monoisotopic (exact) mass is 317 g/mol. The summed E-state index contributed by atoms with van der Waals surface area (Å²) in [5, 5.41) is 1.11. The number of pyridine rings is 1. The fourth-order valence-electron chi connectivity index (χ4n) is 2.76. The second-order valence-electron chi connectivity index (χ2n) is 5.27. The van der Waals surface area contributed by atoms with Gasteiger partial charge in [0.2, 0.25) is 0 Å². The molecule has 0 aliphatic carbocycles. The molecule has 0 amide bonds. The van der Waals surface area contributed by atoms with Crippen LogP contribution in [-0.2, 0) is 6.54 Å². The number of rotatable bonds is 3. The third-order valence-electron chi connectivity index (χ3n) is 4.07. The van der Waals surface area contributed by atoms with Gasteiger partial charge in [0.05, 0.1) is 30.7 Å². The lowest BCUT2D eigenvalue weighted by molar-refractivity contribution is 0.414. The van der Waals surface area contributed by atoms with E-state index in [1.165, 1.54) is 16.8 Å². The molecule has 4 nitrogen and oxygen atoms in total. The lowest BCUT2D eigenvalue weighted by Gasteiger charge is -2.09. The number of fused-ring (bicyclic) bond motifs is 1. The molecule has 0 spiro atoms. The van der Waals surface area contributed by atoms with Gasteiger partial charge in [-0.2, -0.15) is 0 Å². The number of aromatic nitrogens is 2. The molecule has 0 fully saturated rings. The maximum atomic E-state index is 6.08. The summed E-state index contributed by atoms with van der Waals surface area (Å²) in [6.45, 7) is 5.03. The van der Waals surface area contributed by atoms with Crippen molar-refractivity contribution in [2.45, 2.75) is 20.4 Å². The first-order chi connectivity index (χ1) is 10.1. The van der Waals surface area contributed by atoms with E-state index in [0.717, 1.165) is 28.9 Å². The zero-order valence-corrected chi connectivity index (χ0v) is 13.8. The number of nitrogens with zero attached hydrogens (tertiary/aromatic N) is 2. The van der Waals surface area contributed by atoms with E-state index >= 15 is 0 Å². The molecule has 2 heterocycles.